The molecule has 34 heavy (non-hydrogen) atoms. The van der Waals surface area contributed by atoms with Crippen molar-refractivity contribution in [2.24, 2.45) is 0 Å². The van der Waals surface area contributed by atoms with Crippen molar-refractivity contribution in [3.05, 3.63) is 72.5 Å². The van der Waals surface area contributed by atoms with Crippen LogP contribution in [0.2, 0.25) is 5.02 Å². The van der Waals surface area contributed by atoms with Crippen molar-refractivity contribution >= 4 is 55.5 Å². The summed E-state index contributed by atoms with van der Waals surface area (Å²) in [6.45, 7) is 3.49. The normalized spacial score (nSPS) is 15.0. The molecule has 4 aromatic rings. The van der Waals surface area contributed by atoms with Crippen LogP contribution >= 0.6 is 11.6 Å². The minimum Gasteiger partial charge on any atom is -0.360 e. The third-order valence-corrected chi connectivity index (χ3v) is 8.25. The Bertz CT molecular complexity index is 1540. The van der Waals surface area contributed by atoms with Crippen LogP contribution in [-0.4, -0.2) is 30.3 Å². The number of nitrogens with zero attached hydrogens (tertiary/aromatic N) is 2. The lowest BCUT2D eigenvalue weighted by Gasteiger charge is -2.15. The highest BCUT2D eigenvalue weighted by molar-refractivity contribution is 7.93. The Labute approximate surface area is 201 Å². The van der Waals surface area contributed by atoms with Gasteiger partial charge >= 0.3 is 0 Å². The third kappa shape index (κ3) is 4.15. The van der Waals surface area contributed by atoms with Crippen LogP contribution in [0.4, 0.5) is 17.3 Å². The fourth-order valence-electron chi connectivity index (χ4n) is 3.70. The summed E-state index contributed by atoms with van der Waals surface area (Å²) >= 11 is 6.43. The number of anilines is 3. The standard InChI is InChI=1S/C24H21ClN6O2S/c1-2-22(32)29-21-11-15(34(26,33)14-7-8-14)9-10-20(21)30-24-28-13-18(25)23(31-24)17-12-27-19-6-4-3-5-16(17)19/h2-6,9-14,26-27H,1,7-8H2,(H,29,32)(H,28,30,31). The molecule has 1 unspecified atom stereocenters. The molecule has 4 N–H and O–H groups in total. The van der Waals surface area contributed by atoms with Gasteiger partial charge in [0.25, 0.3) is 0 Å². The summed E-state index contributed by atoms with van der Waals surface area (Å²) < 4.78 is 21.2. The van der Waals surface area contributed by atoms with E-state index in [0.29, 0.717) is 27.0 Å². The maximum absolute atomic E-state index is 12.9. The van der Waals surface area contributed by atoms with Gasteiger partial charge in [-0.15, -0.1) is 0 Å². The van der Waals surface area contributed by atoms with E-state index in [-0.39, 0.29) is 11.2 Å². The Morgan fingerprint density at radius 1 is 1.24 bits per heavy atom. The maximum atomic E-state index is 12.9. The van der Waals surface area contributed by atoms with Gasteiger partial charge in [0.2, 0.25) is 11.9 Å². The molecule has 2 aromatic carbocycles. The lowest BCUT2D eigenvalue weighted by atomic mass is 10.1. The van der Waals surface area contributed by atoms with Gasteiger partial charge in [-0.1, -0.05) is 36.4 Å². The van der Waals surface area contributed by atoms with Gasteiger partial charge in [0, 0.05) is 32.8 Å². The Hall–Kier alpha value is -3.69. The second-order valence-electron chi connectivity index (χ2n) is 7.96. The summed E-state index contributed by atoms with van der Waals surface area (Å²) in [7, 11) is -2.94. The van der Waals surface area contributed by atoms with Crippen LogP contribution < -0.4 is 10.6 Å². The zero-order valence-electron chi connectivity index (χ0n) is 18.0. The quantitative estimate of drug-likeness (QED) is 0.246. The number of para-hydroxylation sites is 1. The Balaban J connectivity index is 1.53. The van der Waals surface area contributed by atoms with Crippen molar-refractivity contribution in [3.8, 4) is 11.3 Å². The van der Waals surface area contributed by atoms with E-state index in [9.17, 15) is 9.00 Å². The summed E-state index contributed by atoms with van der Waals surface area (Å²) in [4.78, 5) is 24.5. The van der Waals surface area contributed by atoms with E-state index in [4.69, 9.17) is 16.4 Å². The van der Waals surface area contributed by atoms with E-state index in [0.717, 1.165) is 35.4 Å². The second-order valence-corrected chi connectivity index (χ2v) is 10.7. The SMILES string of the molecule is C=CC(=O)Nc1cc(S(=N)(=O)C2CC2)ccc1Nc1ncc(Cl)c(-c2c[nH]c3ccccc23)n1. The van der Waals surface area contributed by atoms with Gasteiger partial charge in [0.15, 0.2) is 0 Å². The number of rotatable bonds is 7. The number of H-pyrrole nitrogens is 1. The predicted molar refractivity (Wildman–Crippen MR) is 135 cm³/mol. The zero-order chi connectivity index (χ0) is 23.9. The number of carbonyl (C=O) groups excluding carboxylic acids is 1. The number of fused-ring (bicyclic) bond motifs is 1. The Morgan fingerprint density at radius 2 is 2.03 bits per heavy atom. The van der Waals surface area contributed by atoms with Crippen molar-refractivity contribution in [3.63, 3.8) is 0 Å². The van der Waals surface area contributed by atoms with Crippen LogP contribution in [0, 0.1) is 4.78 Å². The number of benzene rings is 2. The number of amides is 1. The maximum Gasteiger partial charge on any atom is 0.247 e. The smallest absolute Gasteiger partial charge is 0.247 e. The van der Waals surface area contributed by atoms with Crippen molar-refractivity contribution in [1.29, 1.82) is 4.78 Å². The number of aromatic nitrogens is 3. The third-order valence-electron chi connectivity index (χ3n) is 5.61. The number of nitrogens with one attached hydrogen (secondary N) is 4. The van der Waals surface area contributed by atoms with E-state index in [2.05, 4.69) is 32.2 Å². The molecule has 2 aromatic heterocycles. The highest BCUT2D eigenvalue weighted by Gasteiger charge is 2.34. The molecular weight excluding hydrogens is 472 g/mol. The van der Waals surface area contributed by atoms with Crippen LogP contribution in [0.3, 0.4) is 0 Å². The molecule has 5 rings (SSSR count). The first kappa shape index (κ1) is 22.1. The molecule has 172 valence electrons. The van der Waals surface area contributed by atoms with Gasteiger partial charge in [-0.3, -0.25) is 4.79 Å². The molecule has 1 aliphatic carbocycles. The number of aromatic amines is 1. The van der Waals surface area contributed by atoms with Crippen LogP contribution in [0.15, 0.2) is 72.4 Å². The molecule has 0 radical (unpaired) electrons. The molecule has 2 heterocycles. The number of hydrogen-bond donors (Lipinski definition) is 4. The first-order valence-corrected chi connectivity index (χ1v) is 12.6. The van der Waals surface area contributed by atoms with E-state index in [1.54, 1.807) is 18.2 Å². The summed E-state index contributed by atoms with van der Waals surface area (Å²) in [6.07, 6.45) is 6.03. The molecule has 0 spiro atoms. The molecule has 0 saturated heterocycles. The molecule has 0 bridgehead atoms. The monoisotopic (exact) mass is 492 g/mol. The van der Waals surface area contributed by atoms with Crippen LogP contribution in [-0.2, 0) is 14.5 Å². The molecule has 10 heteroatoms. The summed E-state index contributed by atoms with van der Waals surface area (Å²) in [6, 6.07) is 12.7. The van der Waals surface area contributed by atoms with Gasteiger partial charge in [-0.2, -0.15) is 0 Å². The lowest BCUT2D eigenvalue weighted by molar-refractivity contribution is -0.111. The molecule has 1 atom stereocenters. The topological polar surface area (TPSA) is 124 Å². The van der Waals surface area contributed by atoms with Gasteiger partial charge < -0.3 is 15.6 Å². The van der Waals surface area contributed by atoms with E-state index < -0.39 is 15.6 Å². The number of hydrogen-bond acceptors (Lipinski definition) is 6. The van der Waals surface area contributed by atoms with Crippen molar-refractivity contribution in [2.75, 3.05) is 10.6 Å². The highest BCUT2D eigenvalue weighted by Crippen LogP contribution is 2.37. The fourth-order valence-corrected chi connectivity index (χ4v) is 5.65. The van der Waals surface area contributed by atoms with Gasteiger partial charge in [-0.25, -0.2) is 19.0 Å². The van der Waals surface area contributed by atoms with Crippen molar-refractivity contribution < 1.29 is 9.00 Å². The first-order valence-electron chi connectivity index (χ1n) is 10.6. The van der Waals surface area contributed by atoms with Crippen LogP contribution in [0.25, 0.3) is 22.2 Å². The van der Waals surface area contributed by atoms with Crippen molar-refractivity contribution in [1.82, 2.24) is 15.0 Å². The molecular formula is C24H21ClN6O2S. The van der Waals surface area contributed by atoms with Crippen LogP contribution in [0.1, 0.15) is 12.8 Å². The molecule has 1 amide bonds. The average Bonchev–Trinajstić information content (AvgIpc) is 3.62. The number of carbonyl (C=O) groups is 1. The molecule has 1 aliphatic rings. The van der Waals surface area contributed by atoms with E-state index in [1.807, 2.05) is 30.5 Å². The van der Waals surface area contributed by atoms with Crippen LogP contribution in [0.5, 0.6) is 0 Å². The van der Waals surface area contributed by atoms with E-state index in [1.165, 1.54) is 6.20 Å². The minimum atomic E-state index is -2.94. The summed E-state index contributed by atoms with van der Waals surface area (Å²) in [5, 5.41) is 7.05. The second kappa shape index (κ2) is 8.58. The zero-order valence-corrected chi connectivity index (χ0v) is 19.5. The number of halogens is 1. The minimum absolute atomic E-state index is 0.146. The highest BCUT2D eigenvalue weighted by atomic mass is 35.5. The summed E-state index contributed by atoms with van der Waals surface area (Å²) in [5.74, 6) is -0.167. The predicted octanol–water partition coefficient (Wildman–Crippen LogP) is 5.71. The molecule has 1 saturated carbocycles. The first-order chi connectivity index (χ1) is 16.4. The van der Waals surface area contributed by atoms with Crippen molar-refractivity contribution in [2.45, 2.75) is 23.0 Å². The Morgan fingerprint density at radius 3 is 2.79 bits per heavy atom. The molecule has 8 nitrogen and oxygen atoms in total. The molecule has 1 fully saturated rings. The fraction of sp³-hybridized carbons (Fsp3) is 0.125. The van der Waals surface area contributed by atoms with Gasteiger partial charge in [0.1, 0.15) is 0 Å². The van der Waals surface area contributed by atoms with E-state index >= 15 is 0 Å². The molecule has 0 aliphatic heterocycles. The largest absolute Gasteiger partial charge is 0.360 e. The average molecular weight is 493 g/mol. The summed E-state index contributed by atoms with van der Waals surface area (Å²) in [5.41, 5.74) is 3.18. The lowest BCUT2D eigenvalue weighted by Crippen LogP contribution is -2.12. The van der Waals surface area contributed by atoms with Gasteiger partial charge in [-0.05, 0) is 43.2 Å². The Kier molecular flexibility index (Phi) is 5.59. The van der Waals surface area contributed by atoms with Gasteiger partial charge in [0.05, 0.1) is 38.0 Å².